The summed E-state index contributed by atoms with van der Waals surface area (Å²) in [4.78, 5) is 37.9. The molecule has 1 saturated heterocycles. The van der Waals surface area contributed by atoms with Crippen molar-refractivity contribution < 1.29 is 19.1 Å². The second-order valence-electron chi connectivity index (χ2n) is 9.19. The molecule has 2 heterocycles. The van der Waals surface area contributed by atoms with Gasteiger partial charge in [0.2, 0.25) is 5.91 Å². The number of rotatable bonds is 8. The number of ether oxygens (including phenoxy) is 2. The van der Waals surface area contributed by atoms with Gasteiger partial charge < -0.3 is 24.3 Å². The third kappa shape index (κ3) is 5.54. The fraction of sp³-hybridized carbons (Fsp3) is 0.370. The zero-order chi connectivity index (χ0) is 24.2. The molecule has 5 rings (SSSR count). The molecule has 35 heavy (non-hydrogen) atoms. The molecule has 3 aromatic rings. The van der Waals surface area contributed by atoms with Crippen LogP contribution in [0.15, 0.2) is 60.9 Å². The molecule has 1 saturated carbocycles. The van der Waals surface area contributed by atoms with Crippen LogP contribution in [0.2, 0.25) is 0 Å². The number of carbonyl (C=O) groups excluding carboxylic acids is 2. The predicted octanol–water partition coefficient (Wildman–Crippen LogP) is 3.37. The van der Waals surface area contributed by atoms with Gasteiger partial charge in [-0.1, -0.05) is 30.3 Å². The average molecular weight is 475 g/mol. The minimum absolute atomic E-state index is 0.00141. The van der Waals surface area contributed by atoms with Crippen LogP contribution in [0.5, 0.6) is 5.75 Å². The highest BCUT2D eigenvalue weighted by atomic mass is 16.5. The summed E-state index contributed by atoms with van der Waals surface area (Å²) in [5, 5.41) is 0. The van der Waals surface area contributed by atoms with Gasteiger partial charge in [-0.25, -0.2) is 4.98 Å². The molecule has 0 spiro atoms. The molecule has 182 valence electrons. The van der Waals surface area contributed by atoms with Gasteiger partial charge in [0.05, 0.1) is 18.8 Å². The van der Waals surface area contributed by atoms with Crippen molar-refractivity contribution in [1.29, 1.82) is 0 Å². The van der Waals surface area contributed by atoms with E-state index in [4.69, 9.17) is 9.47 Å². The Kier molecular flexibility index (Phi) is 6.81. The number of H-pyrrole nitrogens is 1. The lowest BCUT2D eigenvalue weighted by molar-refractivity contribution is -0.132. The standard InChI is InChI=1S/C27H30N4O4/c1-34-21-6-4-5-20(13-21)14-30-15-22(35-18-19-9-10-19)16-31(17-25(30)32)27(33)24-8-3-2-7-23(24)26-28-11-12-29-26/h2-8,11-13,19,22H,9-10,14-18H2,1H3,(H,28,29). The number of hydrogen-bond donors (Lipinski definition) is 1. The smallest absolute Gasteiger partial charge is 0.255 e. The molecule has 8 nitrogen and oxygen atoms in total. The minimum Gasteiger partial charge on any atom is -0.497 e. The highest BCUT2D eigenvalue weighted by molar-refractivity contribution is 6.01. The van der Waals surface area contributed by atoms with Gasteiger partial charge in [-0.05, 0) is 42.5 Å². The van der Waals surface area contributed by atoms with E-state index in [0.29, 0.717) is 49.1 Å². The Morgan fingerprint density at radius 1 is 1.14 bits per heavy atom. The molecule has 1 atom stereocenters. The van der Waals surface area contributed by atoms with Crippen LogP contribution < -0.4 is 4.74 Å². The fourth-order valence-corrected chi connectivity index (χ4v) is 4.40. The van der Waals surface area contributed by atoms with E-state index >= 15 is 0 Å². The highest BCUT2D eigenvalue weighted by Gasteiger charge is 2.33. The zero-order valence-corrected chi connectivity index (χ0v) is 19.9. The third-order valence-corrected chi connectivity index (χ3v) is 6.50. The van der Waals surface area contributed by atoms with Gasteiger partial charge in [0.15, 0.2) is 0 Å². The predicted molar refractivity (Wildman–Crippen MR) is 131 cm³/mol. The van der Waals surface area contributed by atoms with Crippen molar-refractivity contribution in [3.8, 4) is 17.1 Å². The summed E-state index contributed by atoms with van der Waals surface area (Å²) in [5.41, 5.74) is 2.20. The summed E-state index contributed by atoms with van der Waals surface area (Å²) in [7, 11) is 1.63. The van der Waals surface area contributed by atoms with Crippen LogP contribution in [-0.4, -0.2) is 71.0 Å². The van der Waals surface area contributed by atoms with Crippen molar-refractivity contribution in [2.75, 3.05) is 33.4 Å². The first kappa shape index (κ1) is 23.1. The molecule has 1 N–H and O–H groups in total. The van der Waals surface area contributed by atoms with Gasteiger partial charge in [-0.15, -0.1) is 0 Å². The molecule has 2 amide bonds. The summed E-state index contributed by atoms with van der Waals surface area (Å²) >= 11 is 0. The van der Waals surface area contributed by atoms with Gasteiger partial charge in [-0.3, -0.25) is 9.59 Å². The first-order valence-corrected chi connectivity index (χ1v) is 12.0. The number of aromatic nitrogens is 2. The zero-order valence-electron chi connectivity index (χ0n) is 19.9. The van der Waals surface area contributed by atoms with Crippen molar-refractivity contribution in [2.24, 2.45) is 5.92 Å². The van der Waals surface area contributed by atoms with Crippen LogP contribution in [0, 0.1) is 5.92 Å². The molecule has 2 fully saturated rings. The number of imidazole rings is 1. The van der Waals surface area contributed by atoms with Gasteiger partial charge >= 0.3 is 0 Å². The van der Waals surface area contributed by atoms with Crippen molar-refractivity contribution in [1.82, 2.24) is 19.8 Å². The summed E-state index contributed by atoms with van der Waals surface area (Å²) < 4.78 is 11.6. The average Bonchev–Trinajstić information content (AvgIpc) is 3.59. The van der Waals surface area contributed by atoms with Crippen molar-refractivity contribution in [2.45, 2.75) is 25.5 Å². The molecule has 0 bridgehead atoms. The Morgan fingerprint density at radius 2 is 2.00 bits per heavy atom. The highest BCUT2D eigenvalue weighted by Crippen LogP contribution is 2.30. The number of amides is 2. The number of nitrogens with zero attached hydrogens (tertiary/aromatic N) is 3. The van der Waals surface area contributed by atoms with Crippen LogP contribution in [0.4, 0.5) is 0 Å². The second kappa shape index (κ2) is 10.3. The maximum absolute atomic E-state index is 13.7. The molecule has 2 aromatic carbocycles. The van der Waals surface area contributed by atoms with E-state index in [9.17, 15) is 9.59 Å². The molecular weight excluding hydrogens is 444 g/mol. The summed E-state index contributed by atoms with van der Waals surface area (Å²) in [6.07, 6.45) is 5.48. The molecule has 8 heteroatoms. The van der Waals surface area contributed by atoms with Crippen molar-refractivity contribution in [3.63, 3.8) is 0 Å². The van der Waals surface area contributed by atoms with E-state index in [1.807, 2.05) is 42.5 Å². The van der Waals surface area contributed by atoms with E-state index < -0.39 is 0 Å². The second-order valence-corrected chi connectivity index (χ2v) is 9.19. The van der Waals surface area contributed by atoms with Gasteiger partial charge in [0.25, 0.3) is 5.91 Å². The molecule has 1 aromatic heterocycles. The van der Waals surface area contributed by atoms with Gasteiger partial charge in [-0.2, -0.15) is 0 Å². The number of carbonyl (C=O) groups is 2. The van der Waals surface area contributed by atoms with E-state index in [1.165, 1.54) is 12.8 Å². The lowest BCUT2D eigenvalue weighted by Gasteiger charge is -2.25. The fourth-order valence-electron chi connectivity index (χ4n) is 4.40. The minimum atomic E-state index is -0.257. The topological polar surface area (TPSA) is 87.8 Å². The van der Waals surface area contributed by atoms with Gasteiger partial charge in [0.1, 0.15) is 18.1 Å². The van der Waals surface area contributed by atoms with Crippen molar-refractivity contribution >= 4 is 11.8 Å². The maximum atomic E-state index is 13.7. The molecule has 1 aliphatic carbocycles. The Labute approximate surface area is 204 Å². The van der Waals surface area contributed by atoms with Crippen LogP contribution in [-0.2, 0) is 16.1 Å². The number of methoxy groups -OCH3 is 1. The number of aromatic amines is 1. The quantitative estimate of drug-likeness (QED) is 0.541. The molecule has 2 aliphatic rings. The maximum Gasteiger partial charge on any atom is 0.255 e. The van der Waals surface area contributed by atoms with E-state index in [0.717, 1.165) is 11.3 Å². The summed E-state index contributed by atoms with van der Waals surface area (Å²) in [6, 6.07) is 15.1. The number of benzene rings is 2. The van der Waals surface area contributed by atoms with Gasteiger partial charge in [0, 0.05) is 44.2 Å². The monoisotopic (exact) mass is 474 g/mol. The molecule has 1 unspecified atom stereocenters. The van der Waals surface area contributed by atoms with Crippen LogP contribution in [0.3, 0.4) is 0 Å². The lowest BCUT2D eigenvalue weighted by atomic mass is 10.1. The molecule has 1 aliphatic heterocycles. The first-order valence-electron chi connectivity index (χ1n) is 12.0. The molecular formula is C27H30N4O4. The van der Waals surface area contributed by atoms with E-state index in [2.05, 4.69) is 9.97 Å². The van der Waals surface area contributed by atoms with E-state index in [-0.39, 0.29) is 24.5 Å². The normalized spacial score (nSPS) is 18.4. The Bertz CT molecular complexity index is 1180. The van der Waals surface area contributed by atoms with Crippen LogP contribution >= 0.6 is 0 Å². The van der Waals surface area contributed by atoms with E-state index in [1.54, 1.807) is 35.4 Å². The summed E-state index contributed by atoms with van der Waals surface area (Å²) in [6.45, 7) is 1.89. The van der Waals surface area contributed by atoms with Crippen LogP contribution in [0.1, 0.15) is 28.8 Å². The SMILES string of the molecule is COc1cccc(CN2CC(OCC3CC3)CN(C(=O)c3ccccc3-c3ncc[nH]3)CC2=O)c1. The lowest BCUT2D eigenvalue weighted by Crippen LogP contribution is -2.40. The Balaban J connectivity index is 1.39. The number of nitrogens with one attached hydrogen (secondary N) is 1. The first-order chi connectivity index (χ1) is 17.1. The number of hydrogen-bond acceptors (Lipinski definition) is 5. The summed E-state index contributed by atoms with van der Waals surface area (Å²) in [5.74, 6) is 1.65. The van der Waals surface area contributed by atoms with Crippen molar-refractivity contribution in [3.05, 3.63) is 72.1 Å². The third-order valence-electron chi connectivity index (χ3n) is 6.50. The largest absolute Gasteiger partial charge is 0.497 e. The Hall–Kier alpha value is -3.65. The molecule has 0 radical (unpaired) electrons. The van der Waals surface area contributed by atoms with Crippen LogP contribution in [0.25, 0.3) is 11.4 Å². The Morgan fingerprint density at radius 3 is 2.77 bits per heavy atom.